The van der Waals surface area contributed by atoms with E-state index in [2.05, 4.69) is 5.10 Å². The third kappa shape index (κ3) is 2.64. The van der Waals surface area contributed by atoms with Gasteiger partial charge in [0.1, 0.15) is 0 Å². The smallest absolute Gasteiger partial charge is 0.308 e. The van der Waals surface area contributed by atoms with Crippen molar-refractivity contribution in [2.24, 2.45) is 0 Å². The quantitative estimate of drug-likeness (QED) is 0.842. The summed E-state index contributed by atoms with van der Waals surface area (Å²) in [7, 11) is 3.82. The Morgan fingerprint density at radius 3 is 2.61 bits per heavy atom. The van der Waals surface area contributed by atoms with E-state index < -0.39 is 11.7 Å². The minimum absolute atomic E-state index is 0.520. The molecule has 18 heavy (non-hydrogen) atoms. The van der Waals surface area contributed by atoms with Gasteiger partial charge in [0.2, 0.25) is 0 Å². The van der Waals surface area contributed by atoms with Gasteiger partial charge in [-0.2, -0.15) is 18.3 Å². The van der Waals surface area contributed by atoms with Crippen LogP contribution in [0.4, 0.5) is 13.2 Å². The topological polar surface area (TPSA) is 21.1 Å². The SMILES string of the molecule is CN(C)CCn1ncc2ccc(C(F)(F)F)cc21. The molecule has 0 radical (unpaired) electrons. The summed E-state index contributed by atoms with van der Waals surface area (Å²) in [5.74, 6) is 0. The second-order valence-electron chi connectivity index (χ2n) is 4.44. The van der Waals surface area contributed by atoms with E-state index in [-0.39, 0.29) is 0 Å². The number of halogens is 3. The molecule has 0 aliphatic heterocycles. The Balaban J connectivity index is 2.37. The average molecular weight is 257 g/mol. The first-order valence-corrected chi connectivity index (χ1v) is 5.55. The normalized spacial score (nSPS) is 12.6. The molecule has 0 bridgehead atoms. The Kier molecular flexibility index (Phi) is 3.30. The fourth-order valence-electron chi connectivity index (χ4n) is 1.72. The summed E-state index contributed by atoms with van der Waals surface area (Å²) >= 11 is 0. The third-order valence-corrected chi connectivity index (χ3v) is 2.73. The van der Waals surface area contributed by atoms with E-state index in [1.807, 2.05) is 19.0 Å². The van der Waals surface area contributed by atoms with Crippen LogP contribution in [-0.4, -0.2) is 35.3 Å². The van der Waals surface area contributed by atoms with Crippen molar-refractivity contribution in [1.29, 1.82) is 0 Å². The van der Waals surface area contributed by atoms with Crippen molar-refractivity contribution < 1.29 is 13.2 Å². The van der Waals surface area contributed by atoms with E-state index >= 15 is 0 Å². The van der Waals surface area contributed by atoms with Gasteiger partial charge >= 0.3 is 6.18 Å². The number of benzene rings is 1. The predicted molar refractivity (Wildman–Crippen MR) is 63.3 cm³/mol. The highest BCUT2D eigenvalue weighted by Crippen LogP contribution is 2.31. The molecule has 1 heterocycles. The lowest BCUT2D eigenvalue weighted by molar-refractivity contribution is -0.137. The molecule has 0 amide bonds. The summed E-state index contributed by atoms with van der Waals surface area (Å²) in [5.41, 5.74) is -0.117. The summed E-state index contributed by atoms with van der Waals surface area (Å²) in [6, 6.07) is 3.69. The van der Waals surface area contributed by atoms with Crippen molar-refractivity contribution in [3.8, 4) is 0 Å². The van der Waals surface area contributed by atoms with Gasteiger partial charge in [0.25, 0.3) is 0 Å². The Morgan fingerprint density at radius 1 is 1.28 bits per heavy atom. The van der Waals surface area contributed by atoms with Gasteiger partial charge in [-0.05, 0) is 26.2 Å². The molecule has 2 aromatic rings. The second kappa shape index (κ2) is 4.61. The molecule has 0 N–H and O–H groups in total. The number of aromatic nitrogens is 2. The Bertz CT molecular complexity index is 543. The fraction of sp³-hybridized carbons (Fsp3) is 0.417. The van der Waals surface area contributed by atoms with Crippen molar-refractivity contribution in [3.63, 3.8) is 0 Å². The lowest BCUT2D eigenvalue weighted by Gasteiger charge is -2.11. The molecule has 0 aliphatic carbocycles. The van der Waals surface area contributed by atoms with E-state index in [0.29, 0.717) is 12.1 Å². The Morgan fingerprint density at radius 2 is 2.00 bits per heavy atom. The maximum absolute atomic E-state index is 12.6. The molecule has 2 rings (SSSR count). The average Bonchev–Trinajstić information content (AvgIpc) is 2.67. The van der Waals surface area contributed by atoms with Gasteiger partial charge < -0.3 is 4.90 Å². The van der Waals surface area contributed by atoms with Gasteiger partial charge in [-0.1, -0.05) is 6.07 Å². The largest absolute Gasteiger partial charge is 0.416 e. The maximum Gasteiger partial charge on any atom is 0.416 e. The van der Waals surface area contributed by atoms with E-state index in [0.717, 1.165) is 24.1 Å². The monoisotopic (exact) mass is 257 g/mol. The summed E-state index contributed by atoms with van der Waals surface area (Å²) in [5, 5.41) is 4.84. The minimum atomic E-state index is -4.31. The van der Waals surface area contributed by atoms with E-state index in [9.17, 15) is 13.2 Å². The zero-order valence-corrected chi connectivity index (χ0v) is 10.2. The van der Waals surface area contributed by atoms with E-state index in [4.69, 9.17) is 0 Å². The molecule has 0 fully saturated rings. The van der Waals surface area contributed by atoms with Crippen molar-refractivity contribution >= 4 is 10.9 Å². The standard InChI is InChI=1S/C12H14F3N3/c1-17(2)5-6-18-11-7-10(12(13,14)15)4-3-9(11)8-16-18/h3-4,7-8H,5-6H2,1-2H3. The van der Waals surface area contributed by atoms with Gasteiger partial charge in [0, 0.05) is 11.9 Å². The molecular formula is C12H14F3N3. The number of hydrogen-bond donors (Lipinski definition) is 0. The number of hydrogen-bond acceptors (Lipinski definition) is 2. The lowest BCUT2D eigenvalue weighted by atomic mass is 10.1. The summed E-state index contributed by atoms with van der Waals surface area (Å²) < 4.78 is 39.5. The van der Waals surface area contributed by atoms with Gasteiger partial charge in [-0.25, -0.2) is 0 Å². The maximum atomic E-state index is 12.6. The zero-order chi connectivity index (χ0) is 13.3. The highest BCUT2D eigenvalue weighted by molar-refractivity contribution is 5.79. The first-order chi connectivity index (χ1) is 8.38. The molecule has 0 spiro atoms. The number of likely N-dealkylation sites (N-methyl/N-ethyl adjacent to an activating group) is 1. The molecule has 3 nitrogen and oxygen atoms in total. The Labute approximate surface area is 103 Å². The van der Waals surface area contributed by atoms with Crippen LogP contribution in [0, 0.1) is 0 Å². The van der Waals surface area contributed by atoms with Crippen LogP contribution in [0.2, 0.25) is 0 Å². The zero-order valence-electron chi connectivity index (χ0n) is 10.2. The highest BCUT2D eigenvalue weighted by atomic mass is 19.4. The summed E-state index contributed by atoms with van der Waals surface area (Å²) in [6.45, 7) is 1.30. The van der Waals surface area contributed by atoms with Crippen molar-refractivity contribution in [1.82, 2.24) is 14.7 Å². The van der Waals surface area contributed by atoms with Gasteiger partial charge in [0.05, 0.1) is 23.8 Å². The van der Waals surface area contributed by atoms with Crippen LogP contribution in [0.15, 0.2) is 24.4 Å². The predicted octanol–water partition coefficient (Wildman–Crippen LogP) is 2.62. The van der Waals surface area contributed by atoms with Crippen LogP contribution in [0.3, 0.4) is 0 Å². The minimum Gasteiger partial charge on any atom is -0.308 e. The molecule has 0 saturated carbocycles. The first kappa shape index (κ1) is 12.9. The summed E-state index contributed by atoms with van der Waals surface area (Å²) in [6.07, 6.45) is -2.73. The van der Waals surface area contributed by atoms with Crippen LogP contribution in [0.1, 0.15) is 5.56 Å². The lowest BCUT2D eigenvalue weighted by Crippen LogP contribution is -2.19. The van der Waals surface area contributed by atoms with Crippen molar-refractivity contribution in [2.45, 2.75) is 12.7 Å². The number of alkyl halides is 3. The highest BCUT2D eigenvalue weighted by Gasteiger charge is 2.30. The van der Waals surface area contributed by atoms with Crippen LogP contribution in [0.25, 0.3) is 10.9 Å². The van der Waals surface area contributed by atoms with E-state index in [1.165, 1.54) is 6.07 Å². The fourth-order valence-corrected chi connectivity index (χ4v) is 1.72. The van der Waals surface area contributed by atoms with Gasteiger partial charge in [0.15, 0.2) is 0 Å². The van der Waals surface area contributed by atoms with Crippen molar-refractivity contribution in [3.05, 3.63) is 30.0 Å². The van der Waals surface area contributed by atoms with Crippen LogP contribution >= 0.6 is 0 Å². The Hall–Kier alpha value is -1.56. The molecule has 0 saturated heterocycles. The molecule has 0 unspecified atom stereocenters. The summed E-state index contributed by atoms with van der Waals surface area (Å²) in [4.78, 5) is 1.96. The number of rotatable bonds is 3. The molecular weight excluding hydrogens is 243 g/mol. The molecule has 6 heteroatoms. The molecule has 1 aromatic carbocycles. The van der Waals surface area contributed by atoms with Crippen LogP contribution in [0.5, 0.6) is 0 Å². The van der Waals surface area contributed by atoms with Crippen LogP contribution < -0.4 is 0 Å². The van der Waals surface area contributed by atoms with Crippen LogP contribution in [-0.2, 0) is 12.7 Å². The molecule has 0 aliphatic rings. The second-order valence-corrected chi connectivity index (χ2v) is 4.44. The number of nitrogens with zero attached hydrogens (tertiary/aromatic N) is 3. The van der Waals surface area contributed by atoms with Gasteiger partial charge in [-0.15, -0.1) is 0 Å². The molecule has 1 aromatic heterocycles. The molecule has 98 valence electrons. The van der Waals surface area contributed by atoms with E-state index in [1.54, 1.807) is 10.9 Å². The first-order valence-electron chi connectivity index (χ1n) is 5.55. The van der Waals surface area contributed by atoms with Crippen molar-refractivity contribution in [2.75, 3.05) is 20.6 Å². The van der Waals surface area contributed by atoms with Gasteiger partial charge in [-0.3, -0.25) is 4.68 Å². The third-order valence-electron chi connectivity index (χ3n) is 2.73. The molecule has 0 atom stereocenters. The number of fused-ring (bicyclic) bond motifs is 1.